The molecule has 3 aromatic rings. The van der Waals surface area contributed by atoms with E-state index in [0.29, 0.717) is 5.16 Å². The quantitative estimate of drug-likeness (QED) is 0.687. The van der Waals surface area contributed by atoms with E-state index in [4.69, 9.17) is 0 Å². The summed E-state index contributed by atoms with van der Waals surface area (Å²) in [5.74, 6) is -0.270. The fraction of sp³-hybridized carbons (Fsp3) is 0.176. The summed E-state index contributed by atoms with van der Waals surface area (Å²) in [7, 11) is 0. The Morgan fingerprint density at radius 1 is 1.20 bits per heavy atom. The van der Waals surface area contributed by atoms with Gasteiger partial charge in [0.05, 0.1) is 17.5 Å². The predicted octanol–water partition coefficient (Wildman–Crippen LogP) is 2.77. The van der Waals surface area contributed by atoms with Crippen LogP contribution in [0.15, 0.2) is 59.8 Å². The van der Waals surface area contributed by atoms with Gasteiger partial charge in [-0.05, 0) is 47.2 Å². The van der Waals surface area contributed by atoms with Gasteiger partial charge in [-0.1, -0.05) is 42.1 Å². The van der Waals surface area contributed by atoms with Crippen LogP contribution in [0.25, 0.3) is 5.69 Å². The monoisotopic (exact) mass is 357 g/mol. The van der Waals surface area contributed by atoms with E-state index in [2.05, 4.69) is 20.8 Å². The number of carbonyl (C=O) groups excluding carboxylic acids is 1. The molecule has 2 aromatic carbocycles. The lowest BCUT2D eigenvalue weighted by Gasteiger charge is -2.14. The first-order valence-electron chi connectivity index (χ1n) is 7.65. The second-order valence-electron chi connectivity index (χ2n) is 5.34. The molecular weight excluding hydrogens is 341 g/mol. The molecule has 0 bridgehead atoms. The summed E-state index contributed by atoms with van der Waals surface area (Å²) in [5.41, 5.74) is 1.67. The first kappa shape index (κ1) is 17.1. The summed E-state index contributed by atoms with van der Waals surface area (Å²) in [6.45, 7) is 1.85. The number of nitrogens with one attached hydrogen (secondary N) is 1. The third-order valence-electron chi connectivity index (χ3n) is 3.52. The maximum atomic E-state index is 13.0. The average molecular weight is 357 g/mol. The smallest absolute Gasteiger partial charge is 0.230 e. The Labute approximate surface area is 148 Å². The van der Waals surface area contributed by atoms with Gasteiger partial charge in [0, 0.05) is 0 Å². The standard InChI is InChI=1S/C17H16FN5OS/c1-12(13-7-9-14(18)10-8-13)19-16(24)11-25-17-20-21-22-23(17)15-5-3-2-4-6-15/h2-10,12H,11H2,1H3,(H,19,24). The molecular formula is C17H16FN5OS. The van der Waals surface area contributed by atoms with Gasteiger partial charge in [0.1, 0.15) is 5.82 Å². The van der Waals surface area contributed by atoms with Crippen LogP contribution in [0.2, 0.25) is 0 Å². The number of tetrazole rings is 1. The number of hydrogen-bond acceptors (Lipinski definition) is 5. The topological polar surface area (TPSA) is 72.7 Å². The van der Waals surface area contributed by atoms with Crippen LogP contribution in [0.1, 0.15) is 18.5 Å². The third kappa shape index (κ3) is 4.42. The largest absolute Gasteiger partial charge is 0.349 e. The normalized spacial score (nSPS) is 11.9. The van der Waals surface area contributed by atoms with Crippen LogP contribution in [-0.4, -0.2) is 31.9 Å². The van der Waals surface area contributed by atoms with Gasteiger partial charge in [-0.3, -0.25) is 4.79 Å². The van der Waals surface area contributed by atoms with Crippen molar-refractivity contribution in [2.45, 2.75) is 18.1 Å². The molecule has 1 amide bonds. The molecule has 3 rings (SSSR count). The van der Waals surface area contributed by atoms with Gasteiger partial charge in [-0.2, -0.15) is 4.68 Å². The van der Waals surface area contributed by atoms with Crippen molar-refractivity contribution < 1.29 is 9.18 Å². The van der Waals surface area contributed by atoms with Crippen LogP contribution in [0.3, 0.4) is 0 Å². The summed E-state index contributed by atoms with van der Waals surface area (Å²) in [6.07, 6.45) is 0. The van der Waals surface area contributed by atoms with Crippen LogP contribution >= 0.6 is 11.8 Å². The Morgan fingerprint density at radius 2 is 1.92 bits per heavy atom. The lowest BCUT2D eigenvalue weighted by Crippen LogP contribution is -2.28. The molecule has 25 heavy (non-hydrogen) atoms. The van der Waals surface area contributed by atoms with Crippen molar-refractivity contribution in [3.05, 3.63) is 66.0 Å². The maximum Gasteiger partial charge on any atom is 0.230 e. The molecule has 0 spiro atoms. The molecule has 1 N–H and O–H groups in total. The molecule has 0 aliphatic heterocycles. The lowest BCUT2D eigenvalue weighted by molar-refractivity contribution is -0.119. The summed E-state index contributed by atoms with van der Waals surface area (Å²) < 4.78 is 14.5. The number of thioether (sulfide) groups is 1. The number of halogens is 1. The molecule has 0 saturated heterocycles. The highest BCUT2D eigenvalue weighted by Gasteiger charge is 2.13. The molecule has 0 fully saturated rings. The molecule has 0 aliphatic carbocycles. The van der Waals surface area contributed by atoms with E-state index in [0.717, 1.165) is 11.3 Å². The Kier molecular flexibility index (Phi) is 5.39. The van der Waals surface area contributed by atoms with Gasteiger partial charge >= 0.3 is 0 Å². The van der Waals surface area contributed by atoms with Crippen molar-refractivity contribution in [2.24, 2.45) is 0 Å². The minimum atomic E-state index is -0.300. The van der Waals surface area contributed by atoms with Gasteiger partial charge in [-0.15, -0.1) is 5.10 Å². The average Bonchev–Trinajstić information content (AvgIpc) is 3.10. The summed E-state index contributed by atoms with van der Waals surface area (Å²) >= 11 is 1.25. The van der Waals surface area contributed by atoms with Crippen molar-refractivity contribution in [3.8, 4) is 5.69 Å². The zero-order valence-corrected chi connectivity index (χ0v) is 14.3. The number of nitrogens with zero attached hydrogens (tertiary/aromatic N) is 4. The SMILES string of the molecule is CC(NC(=O)CSc1nnnn1-c1ccccc1)c1ccc(F)cc1. The minimum absolute atomic E-state index is 0.149. The number of benzene rings is 2. The third-order valence-corrected chi connectivity index (χ3v) is 4.44. The first-order valence-corrected chi connectivity index (χ1v) is 8.63. The molecule has 1 aromatic heterocycles. The van der Waals surface area contributed by atoms with Crippen LogP contribution in [-0.2, 0) is 4.79 Å². The van der Waals surface area contributed by atoms with Gasteiger partial charge < -0.3 is 5.32 Å². The molecule has 0 saturated carbocycles. The highest BCUT2D eigenvalue weighted by Crippen LogP contribution is 2.18. The minimum Gasteiger partial charge on any atom is -0.349 e. The van der Waals surface area contributed by atoms with Gasteiger partial charge in [0.15, 0.2) is 0 Å². The van der Waals surface area contributed by atoms with E-state index in [1.54, 1.807) is 16.8 Å². The summed E-state index contributed by atoms with van der Waals surface area (Å²) in [5, 5.41) is 15.0. The highest BCUT2D eigenvalue weighted by atomic mass is 32.2. The van der Waals surface area contributed by atoms with E-state index in [1.807, 2.05) is 37.3 Å². The molecule has 8 heteroatoms. The van der Waals surface area contributed by atoms with Crippen molar-refractivity contribution in [2.75, 3.05) is 5.75 Å². The maximum absolute atomic E-state index is 13.0. The van der Waals surface area contributed by atoms with E-state index >= 15 is 0 Å². The van der Waals surface area contributed by atoms with E-state index in [-0.39, 0.29) is 23.5 Å². The fourth-order valence-electron chi connectivity index (χ4n) is 2.25. The van der Waals surface area contributed by atoms with Crippen LogP contribution in [0.4, 0.5) is 4.39 Å². The van der Waals surface area contributed by atoms with Gasteiger partial charge in [0.2, 0.25) is 11.1 Å². The van der Waals surface area contributed by atoms with Gasteiger partial charge in [0.25, 0.3) is 0 Å². The van der Waals surface area contributed by atoms with Crippen LogP contribution in [0, 0.1) is 5.82 Å². The fourth-order valence-corrected chi connectivity index (χ4v) is 2.95. The summed E-state index contributed by atoms with van der Waals surface area (Å²) in [6, 6.07) is 15.3. The zero-order chi connectivity index (χ0) is 17.6. The summed E-state index contributed by atoms with van der Waals surface area (Å²) in [4.78, 5) is 12.2. The number of para-hydroxylation sites is 1. The van der Waals surface area contributed by atoms with E-state index in [9.17, 15) is 9.18 Å². The number of hydrogen-bond donors (Lipinski definition) is 1. The van der Waals surface area contributed by atoms with Crippen molar-refractivity contribution in [3.63, 3.8) is 0 Å². The van der Waals surface area contributed by atoms with E-state index in [1.165, 1.54) is 23.9 Å². The Morgan fingerprint density at radius 3 is 2.64 bits per heavy atom. The molecule has 1 unspecified atom stereocenters. The second-order valence-corrected chi connectivity index (χ2v) is 6.28. The molecule has 1 atom stereocenters. The van der Waals surface area contributed by atoms with Crippen molar-refractivity contribution in [1.82, 2.24) is 25.5 Å². The number of rotatable bonds is 6. The molecule has 0 aliphatic rings. The predicted molar refractivity (Wildman–Crippen MR) is 92.8 cm³/mol. The highest BCUT2D eigenvalue weighted by molar-refractivity contribution is 7.99. The Hall–Kier alpha value is -2.74. The molecule has 128 valence electrons. The Bertz CT molecular complexity index is 838. The van der Waals surface area contributed by atoms with Crippen LogP contribution in [0.5, 0.6) is 0 Å². The van der Waals surface area contributed by atoms with Crippen LogP contribution < -0.4 is 5.32 Å². The molecule has 6 nitrogen and oxygen atoms in total. The van der Waals surface area contributed by atoms with Crippen molar-refractivity contribution >= 4 is 17.7 Å². The number of carbonyl (C=O) groups is 1. The molecule has 0 radical (unpaired) electrons. The molecule has 1 heterocycles. The van der Waals surface area contributed by atoms with Crippen molar-refractivity contribution in [1.29, 1.82) is 0 Å². The number of amides is 1. The second kappa shape index (κ2) is 7.89. The van der Waals surface area contributed by atoms with E-state index < -0.39 is 0 Å². The lowest BCUT2D eigenvalue weighted by atomic mass is 10.1. The number of aromatic nitrogens is 4. The Balaban J connectivity index is 1.58. The van der Waals surface area contributed by atoms with Gasteiger partial charge in [-0.25, -0.2) is 4.39 Å². The first-order chi connectivity index (χ1) is 12.1. The zero-order valence-electron chi connectivity index (χ0n) is 13.5.